The average molecular weight is 617 g/mol. The molecule has 0 heterocycles. The summed E-state index contributed by atoms with van der Waals surface area (Å²) in [5.41, 5.74) is -4.90. The normalized spacial score (nSPS) is 13.7. The lowest BCUT2D eigenvalue weighted by molar-refractivity contribution is -0.140. The van der Waals surface area contributed by atoms with E-state index in [2.05, 4.69) is 0 Å². The van der Waals surface area contributed by atoms with Gasteiger partial charge in [0.25, 0.3) is 5.91 Å². The maximum absolute atomic E-state index is 14.8. The van der Waals surface area contributed by atoms with Crippen LogP contribution in [0.2, 0.25) is 10.0 Å². The highest BCUT2D eigenvalue weighted by atomic mass is 35.5. The fraction of sp³-hybridized carbons (Fsp3) is 0.273. The Labute approximate surface area is 221 Å². The molecule has 2 aromatic rings. The average Bonchev–Trinajstić information content (AvgIpc) is 2.80. The molecule has 0 aliphatic carbocycles. The van der Waals surface area contributed by atoms with E-state index >= 15 is 0 Å². The molecule has 0 saturated carbocycles. The molecular formula is C22H13Cl2F11N2O2. The van der Waals surface area contributed by atoms with E-state index in [9.17, 15) is 57.9 Å². The van der Waals surface area contributed by atoms with Crippen molar-refractivity contribution in [3.63, 3.8) is 0 Å². The number of alkyl halides is 9. The Balaban J connectivity index is 2.41. The van der Waals surface area contributed by atoms with Gasteiger partial charge in [0.15, 0.2) is 5.82 Å². The third-order valence-corrected chi connectivity index (χ3v) is 5.32. The van der Waals surface area contributed by atoms with Gasteiger partial charge < -0.3 is 10.6 Å². The Hall–Kier alpha value is -3.07. The summed E-state index contributed by atoms with van der Waals surface area (Å²) in [5.74, 6) is -8.89. The van der Waals surface area contributed by atoms with Crippen LogP contribution < -0.4 is 10.6 Å². The molecule has 2 amide bonds. The summed E-state index contributed by atoms with van der Waals surface area (Å²) in [6.07, 6.45) is -15.5. The molecule has 2 aromatic carbocycles. The van der Waals surface area contributed by atoms with Crippen LogP contribution in [-0.2, 0) is 11.0 Å². The van der Waals surface area contributed by atoms with Crippen LogP contribution in [0.1, 0.15) is 33.0 Å². The summed E-state index contributed by atoms with van der Waals surface area (Å²) in [4.78, 5) is 23.5. The number of rotatable bonds is 7. The summed E-state index contributed by atoms with van der Waals surface area (Å²) in [6, 6.07) is 1.94. The topological polar surface area (TPSA) is 58.2 Å². The summed E-state index contributed by atoms with van der Waals surface area (Å²) < 4.78 is 146. The third kappa shape index (κ3) is 8.98. The van der Waals surface area contributed by atoms with Gasteiger partial charge in [0.05, 0.1) is 27.7 Å². The highest BCUT2D eigenvalue weighted by molar-refractivity contribution is 6.35. The van der Waals surface area contributed by atoms with Crippen molar-refractivity contribution in [1.29, 1.82) is 0 Å². The van der Waals surface area contributed by atoms with Crippen LogP contribution in [0.5, 0.6) is 0 Å². The van der Waals surface area contributed by atoms with Gasteiger partial charge in [-0.1, -0.05) is 29.3 Å². The van der Waals surface area contributed by atoms with Crippen molar-refractivity contribution in [2.75, 3.05) is 13.1 Å². The number of allylic oxidation sites excluding steroid dienone is 1. The Morgan fingerprint density at radius 2 is 1.46 bits per heavy atom. The quantitative estimate of drug-likeness (QED) is 0.255. The number of carbonyl (C=O) groups is 2. The van der Waals surface area contributed by atoms with Crippen molar-refractivity contribution in [2.45, 2.75) is 24.4 Å². The number of hydrogen-bond donors (Lipinski definition) is 2. The zero-order valence-corrected chi connectivity index (χ0v) is 20.2. The van der Waals surface area contributed by atoms with Gasteiger partial charge in [-0.05, 0) is 35.9 Å². The number of carbonyl (C=O) groups excluding carboxylic acids is 2. The van der Waals surface area contributed by atoms with Crippen LogP contribution in [0.15, 0.2) is 36.4 Å². The molecule has 4 nitrogen and oxygen atoms in total. The molecule has 0 saturated heterocycles. The molecule has 2 N–H and O–H groups in total. The molecule has 39 heavy (non-hydrogen) atoms. The summed E-state index contributed by atoms with van der Waals surface area (Å²) in [5, 5.41) is 1.36. The van der Waals surface area contributed by atoms with Gasteiger partial charge in [-0.25, -0.2) is 8.78 Å². The van der Waals surface area contributed by atoms with Crippen LogP contribution >= 0.6 is 23.2 Å². The molecule has 1 unspecified atom stereocenters. The number of halogens is 13. The Morgan fingerprint density at radius 1 is 0.897 bits per heavy atom. The number of hydrogen-bond acceptors (Lipinski definition) is 2. The van der Waals surface area contributed by atoms with Gasteiger partial charge in [0.1, 0.15) is 18.3 Å². The van der Waals surface area contributed by atoms with Gasteiger partial charge in [0.2, 0.25) is 5.91 Å². The molecule has 0 aliphatic rings. The SMILES string of the molecule is O=C(CNC(=O)c1ccc(C(F)=CC(c2cc(Cl)c(F)c(Cl)c2)C(F)(F)F)cc1C(F)(F)F)NCC(F)(F)F. The molecule has 0 aliphatic heterocycles. The zero-order chi connectivity index (χ0) is 29.9. The second-order valence-corrected chi connectivity index (χ2v) is 8.48. The molecule has 0 bridgehead atoms. The maximum atomic E-state index is 14.8. The molecule has 0 fully saturated rings. The number of benzene rings is 2. The standard InChI is InChI=1S/C22H13Cl2F11N2O2/c23-14-4-10(5-15(24)18(14)26)12(21(30,31)32)6-16(25)9-1-2-11(13(3-9)22(33,34)35)19(39)36-7-17(38)37-8-20(27,28)29/h1-6,12H,7-8H2,(H,36,39)(H,37,38). The zero-order valence-electron chi connectivity index (χ0n) is 18.7. The van der Waals surface area contributed by atoms with Gasteiger partial charge in [-0.2, -0.15) is 39.5 Å². The first-order valence-corrected chi connectivity index (χ1v) is 10.9. The monoisotopic (exact) mass is 616 g/mol. The van der Waals surface area contributed by atoms with E-state index in [-0.39, 0.29) is 12.1 Å². The fourth-order valence-electron chi connectivity index (χ4n) is 3.02. The lowest BCUT2D eigenvalue weighted by Crippen LogP contribution is -2.41. The second-order valence-electron chi connectivity index (χ2n) is 7.67. The predicted octanol–water partition coefficient (Wildman–Crippen LogP) is 7.22. The van der Waals surface area contributed by atoms with Crippen molar-refractivity contribution in [1.82, 2.24) is 10.6 Å². The largest absolute Gasteiger partial charge is 0.417 e. The van der Waals surface area contributed by atoms with Crippen LogP contribution in [0, 0.1) is 5.82 Å². The van der Waals surface area contributed by atoms with E-state index in [1.807, 2.05) is 0 Å². The molecule has 0 radical (unpaired) electrons. The van der Waals surface area contributed by atoms with E-state index in [1.54, 1.807) is 5.32 Å². The van der Waals surface area contributed by atoms with E-state index in [4.69, 9.17) is 23.2 Å². The first kappa shape index (κ1) is 32.1. The predicted molar refractivity (Wildman–Crippen MR) is 117 cm³/mol. The van der Waals surface area contributed by atoms with Crippen molar-refractivity contribution in [3.05, 3.63) is 74.5 Å². The molecular weight excluding hydrogens is 604 g/mol. The Morgan fingerprint density at radius 3 is 1.95 bits per heavy atom. The molecule has 17 heteroatoms. The molecule has 214 valence electrons. The first-order chi connectivity index (χ1) is 17.7. The minimum atomic E-state index is -5.36. The first-order valence-electron chi connectivity index (χ1n) is 10.1. The summed E-state index contributed by atoms with van der Waals surface area (Å²) in [6.45, 7) is -2.93. The van der Waals surface area contributed by atoms with E-state index in [0.717, 1.165) is 0 Å². The maximum Gasteiger partial charge on any atom is 0.417 e. The van der Waals surface area contributed by atoms with Gasteiger partial charge >= 0.3 is 18.5 Å². The van der Waals surface area contributed by atoms with Crippen LogP contribution in [-0.4, -0.2) is 37.3 Å². The Kier molecular flexibility index (Phi) is 9.88. The lowest BCUT2D eigenvalue weighted by Gasteiger charge is -2.19. The molecule has 0 aromatic heterocycles. The van der Waals surface area contributed by atoms with Crippen molar-refractivity contribution < 1.29 is 57.9 Å². The van der Waals surface area contributed by atoms with Crippen LogP contribution in [0.3, 0.4) is 0 Å². The number of amides is 2. The van der Waals surface area contributed by atoms with E-state index < -0.39 is 93.3 Å². The van der Waals surface area contributed by atoms with Gasteiger partial charge in [0, 0.05) is 5.56 Å². The number of nitrogens with one attached hydrogen (secondary N) is 2. The highest BCUT2D eigenvalue weighted by Crippen LogP contribution is 2.41. The third-order valence-electron chi connectivity index (χ3n) is 4.77. The minimum absolute atomic E-state index is 0.0164. The van der Waals surface area contributed by atoms with E-state index in [1.165, 1.54) is 5.32 Å². The summed E-state index contributed by atoms with van der Waals surface area (Å²) >= 11 is 11.0. The van der Waals surface area contributed by atoms with Crippen LogP contribution in [0.4, 0.5) is 48.3 Å². The minimum Gasteiger partial charge on any atom is -0.345 e. The lowest BCUT2D eigenvalue weighted by atomic mass is 9.95. The molecule has 0 spiro atoms. The van der Waals surface area contributed by atoms with Crippen molar-refractivity contribution >= 4 is 40.8 Å². The molecule has 1 atom stereocenters. The van der Waals surface area contributed by atoms with Crippen LogP contribution in [0.25, 0.3) is 5.83 Å². The van der Waals surface area contributed by atoms with E-state index in [0.29, 0.717) is 24.3 Å². The highest BCUT2D eigenvalue weighted by Gasteiger charge is 2.41. The van der Waals surface area contributed by atoms with Crippen molar-refractivity contribution in [3.8, 4) is 0 Å². The smallest absolute Gasteiger partial charge is 0.345 e. The summed E-state index contributed by atoms with van der Waals surface area (Å²) in [7, 11) is 0. The fourth-order valence-corrected chi connectivity index (χ4v) is 3.52. The van der Waals surface area contributed by atoms with Gasteiger partial charge in [-0.3, -0.25) is 9.59 Å². The molecule has 2 rings (SSSR count). The Bertz CT molecular complexity index is 1250. The van der Waals surface area contributed by atoms with Gasteiger partial charge in [-0.15, -0.1) is 0 Å². The van der Waals surface area contributed by atoms with Crippen molar-refractivity contribution in [2.24, 2.45) is 0 Å². The second kappa shape index (κ2) is 12.0.